The van der Waals surface area contributed by atoms with Crippen molar-refractivity contribution in [2.24, 2.45) is 0 Å². The van der Waals surface area contributed by atoms with E-state index in [2.05, 4.69) is 38.7 Å². The maximum absolute atomic E-state index is 6.00. The van der Waals surface area contributed by atoms with Gasteiger partial charge in [0.2, 0.25) is 5.88 Å². The Kier molecular flexibility index (Phi) is 3.32. The first-order chi connectivity index (χ1) is 9.58. The normalized spacial score (nSPS) is 18.1. The van der Waals surface area contributed by atoms with Crippen LogP contribution in [0.1, 0.15) is 57.2 Å². The van der Waals surface area contributed by atoms with E-state index in [0.717, 1.165) is 47.4 Å². The molecule has 0 fully saturated rings. The standard InChI is InChI=1S/C16H21N3O/c1-5-11-8-13-14-12(17-11)7-6-10(4)20-16(14)19-15(18-13)9(2)3/h8-10H,5-7H2,1-4H3. The van der Waals surface area contributed by atoms with E-state index >= 15 is 0 Å². The van der Waals surface area contributed by atoms with Gasteiger partial charge >= 0.3 is 0 Å². The molecule has 0 aromatic carbocycles. The molecule has 4 heteroatoms. The molecular formula is C16H21N3O. The number of pyridine rings is 1. The van der Waals surface area contributed by atoms with Gasteiger partial charge in [0.1, 0.15) is 5.82 Å². The maximum atomic E-state index is 6.00. The summed E-state index contributed by atoms with van der Waals surface area (Å²) in [5, 5.41) is 1.01. The van der Waals surface area contributed by atoms with Crippen LogP contribution in [0.3, 0.4) is 0 Å². The minimum atomic E-state index is 0.174. The summed E-state index contributed by atoms with van der Waals surface area (Å²) in [5.74, 6) is 1.86. The topological polar surface area (TPSA) is 47.9 Å². The average Bonchev–Trinajstić information content (AvgIpc) is 2.58. The molecule has 20 heavy (non-hydrogen) atoms. The second-order valence-corrected chi connectivity index (χ2v) is 5.82. The van der Waals surface area contributed by atoms with Gasteiger partial charge in [-0.15, -0.1) is 0 Å². The molecule has 4 nitrogen and oxygen atoms in total. The molecule has 2 aromatic heterocycles. The third-order valence-corrected chi connectivity index (χ3v) is 3.77. The maximum Gasteiger partial charge on any atom is 0.226 e. The van der Waals surface area contributed by atoms with Crippen molar-refractivity contribution < 1.29 is 4.74 Å². The number of ether oxygens (including phenoxy) is 1. The van der Waals surface area contributed by atoms with Gasteiger partial charge in [-0.05, 0) is 32.3 Å². The zero-order valence-corrected chi connectivity index (χ0v) is 12.6. The fourth-order valence-electron chi connectivity index (χ4n) is 2.56. The van der Waals surface area contributed by atoms with Gasteiger partial charge in [-0.3, -0.25) is 4.98 Å². The van der Waals surface area contributed by atoms with E-state index in [0.29, 0.717) is 11.8 Å². The minimum absolute atomic E-state index is 0.174. The number of aromatic nitrogens is 3. The van der Waals surface area contributed by atoms with E-state index in [-0.39, 0.29) is 6.10 Å². The Morgan fingerprint density at radius 1 is 1.30 bits per heavy atom. The monoisotopic (exact) mass is 271 g/mol. The number of aryl methyl sites for hydroxylation is 2. The van der Waals surface area contributed by atoms with Crippen molar-refractivity contribution >= 4 is 10.9 Å². The summed E-state index contributed by atoms with van der Waals surface area (Å²) in [5.41, 5.74) is 3.17. The molecule has 0 bridgehead atoms. The van der Waals surface area contributed by atoms with Crippen LogP contribution >= 0.6 is 0 Å². The van der Waals surface area contributed by atoms with Crippen LogP contribution in [0, 0.1) is 0 Å². The zero-order chi connectivity index (χ0) is 14.3. The molecule has 0 N–H and O–H groups in total. The Bertz CT molecular complexity index is 652. The molecule has 0 radical (unpaired) electrons. The second-order valence-electron chi connectivity index (χ2n) is 5.82. The number of hydrogen-bond acceptors (Lipinski definition) is 4. The summed E-state index contributed by atoms with van der Waals surface area (Å²) in [7, 11) is 0. The average molecular weight is 271 g/mol. The van der Waals surface area contributed by atoms with E-state index in [1.54, 1.807) is 0 Å². The Labute approximate surface area is 119 Å². The highest BCUT2D eigenvalue weighted by Crippen LogP contribution is 2.32. The summed E-state index contributed by atoms with van der Waals surface area (Å²) in [4.78, 5) is 14.1. The lowest BCUT2D eigenvalue weighted by Crippen LogP contribution is -2.12. The van der Waals surface area contributed by atoms with E-state index < -0.39 is 0 Å². The summed E-state index contributed by atoms with van der Waals surface area (Å²) >= 11 is 0. The number of hydrogen-bond donors (Lipinski definition) is 0. The molecule has 0 saturated carbocycles. The number of rotatable bonds is 2. The van der Waals surface area contributed by atoms with Gasteiger partial charge in [-0.1, -0.05) is 20.8 Å². The molecule has 1 aliphatic rings. The van der Waals surface area contributed by atoms with Gasteiger partial charge in [0.05, 0.1) is 22.7 Å². The highest BCUT2D eigenvalue weighted by Gasteiger charge is 2.22. The lowest BCUT2D eigenvalue weighted by atomic mass is 10.1. The van der Waals surface area contributed by atoms with Crippen LogP contribution in [0.2, 0.25) is 0 Å². The first-order valence-corrected chi connectivity index (χ1v) is 7.45. The van der Waals surface area contributed by atoms with Crippen LogP contribution in [-0.2, 0) is 12.8 Å². The van der Waals surface area contributed by atoms with Gasteiger partial charge in [0, 0.05) is 11.6 Å². The molecule has 1 unspecified atom stereocenters. The molecule has 2 aromatic rings. The zero-order valence-electron chi connectivity index (χ0n) is 12.6. The predicted molar refractivity (Wildman–Crippen MR) is 79.2 cm³/mol. The summed E-state index contributed by atoms with van der Waals surface area (Å²) in [6.45, 7) is 8.44. The lowest BCUT2D eigenvalue weighted by Gasteiger charge is -2.13. The van der Waals surface area contributed by atoms with E-state index in [1.807, 2.05) is 0 Å². The summed E-state index contributed by atoms with van der Waals surface area (Å²) in [6.07, 6.45) is 3.01. The Morgan fingerprint density at radius 3 is 2.80 bits per heavy atom. The van der Waals surface area contributed by atoms with Gasteiger partial charge in [0.25, 0.3) is 0 Å². The van der Waals surface area contributed by atoms with E-state index in [9.17, 15) is 0 Å². The number of nitrogens with zero attached hydrogens (tertiary/aromatic N) is 3. The first kappa shape index (κ1) is 13.3. The van der Waals surface area contributed by atoms with Crippen molar-refractivity contribution in [3.8, 4) is 5.88 Å². The van der Waals surface area contributed by atoms with Gasteiger partial charge in [0.15, 0.2) is 0 Å². The summed E-state index contributed by atoms with van der Waals surface area (Å²) in [6, 6.07) is 2.08. The van der Waals surface area contributed by atoms with Crippen molar-refractivity contribution in [3.05, 3.63) is 23.3 Å². The molecule has 3 heterocycles. The summed E-state index contributed by atoms with van der Waals surface area (Å²) < 4.78 is 6.00. The first-order valence-electron chi connectivity index (χ1n) is 7.45. The molecule has 3 rings (SSSR count). The van der Waals surface area contributed by atoms with Crippen molar-refractivity contribution in [2.75, 3.05) is 0 Å². The second kappa shape index (κ2) is 5.00. The highest BCUT2D eigenvalue weighted by molar-refractivity contribution is 5.86. The molecule has 0 spiro atoms. The van der Waals surface area contributed by atoms with Gasteiger partial charge in [-0.2, -0.15) is 4.98 Å². The third-order valence-electron chi connectivity index (χ3n) is 3.77. The van der Waals surface area contributed by atoms with Crippen LogP contribution < -0.4 is 4.74 Å². The largest absolute Gasteiger partial charge is 0.474 e. The Hall–Kier alpha value is -1.71. The van der Waals surface area contributed by atoms with Crippen molar-refractivity contribution in [1.29, 1.82) is 0 Å². The van der Waals surface area contributed by atoms with E-state index in [1.165, 1.54) is 0 Å². The van der Waals surface area contributed by atoms with Crippen molar-refractivity contribution in [3.63, 3.8) is 0 Å². The Morgan fingerprint density at radius 2 is 2.10 bits per heavy atom. The highest BCUT2D eigenvalue weighted by atomic mass is 16.5. The fourth-order valence-corrected chi connectivity index (χ4v) is 2.56. The van der Waals surface area contributed by atoms with Gasteiger partial charge in [-0.25, -0.2) is 4.98 Å². The fraction of sp³-hybridized carbons (Fsp3) is 0.562. The SMILES string of the molecule is CCc1cc2nc(C(C)C)nc3c2c(n1)CCC(C)O3. The van der Waals surface area contributed by atoms with Crippen LogP contribution in [0.25, 0.3) is 10.9 Å². The molecular weight excluding hydrogens is 250 g/mol. The van der Waals surface area contributed by atoms with Crippen molar-refractivity contribution in [2.45, 2.75) is 59.0 Å². The molecule has 1 aliphatic heterocycles. The van der Waals surface area contributed by atoms with Crippen LogP contribution in [0.5, 0.6) is 5.88 Å². The molecule has 106 valence electrons. The van der Waals surface area contributed by atoms with Gasteiger partial charge < -0.3 is 4.74 Å². The van der Waals surface area contributed by atoms with Crippen molar-refractivity contribution in [1.82, 2.24) is 15.0 Å². The van der Waals surface area contributed by atoms with Crippen LogP contribution in [0.15, 0.2) is 6.07 Å². The molecule has 1 atom stereocenters. The van der Waals surface area contributed by atoms with Crippen LogP contribution in [0.4, 0.5) is 0 Å². The Balaban J connectivity index is 2.31. The molecule has 0 amide bonds. The molecule has 0 aliphatic carbocycles. The quantitative estimate of drug-likeness (QED) is 0.839. The predicted octanol–water partition coefficient (Wildman–Crippen LogP) is 3.42. The van der Waals surface area contributed by atoms with Crippen LogP contribution in [-0.4, -0.2) is 21.1 Å². The smallest absolute Gasteiger partial charge is 0.226 e. The molecule has 0 saturated heterocycles. The third kappa shape index (κ3) is 2.23. The lowest BCUT2D eigenvalue weighted by molar-refractivity contribution is 0.209. The van der Waals surface area contributed by atoms with E-state index in [4.69, 9.17) is 14.7 Å². The minimum Gasteiger partial charge on any atom is -0.474 e.